The summed E-state index contributed by atoms with van der Waals surface area (Å²) in [6.07, 6.45) is 0.693. The molecular weight excluding hydrogens is 398 g/mol. The number of nitro groups is 1. The summed E-state index contributed by atoms with van der Waals surface area (Å²) in [6, 6.07) is 22.0. The lowest BCUT2D eigenvalue weighted by molar-refractivity contribution is -0.384. The monoisotopic (exact) mass is 419 g/mol. The SMILES string of the molecule is O=C(COc1cccc([N+](=O)[O-])c1)Nc1ccccc1C(=O)NCCc1ccccc1. The molecule has 3 rings (SSSR count). The zero-order valence-corrected chi connectivity index (χ0v) is 16.6. The van der Waals surface area contributed by atoms with Gasteiger partial charge in [-0.1, -0.05) is 48.5 Å². The topological polar surface area (TPSA) is 111 Å². The van der Waals surface area contributed by atoms with E-state index in [0.717, 1.165) is 5.56 Å². The number of anilines is 1. The summed E-state index contributed by atoms with van der Waals surface area (Å²) in [6.45, 7) is 0.103. The van der Waals surface area contributed by atoms with E-state index in [1.165, 1.54) is 24.3 Å². The Labute approximate surface area is 179 Å². The molecule has 3 aromatic rings. The number of non-ortho nitro benzene ring substituents is 1. The number of carbonyl (C=O) groups excluding carboxylic acids is 2. The van der Waals surface area contributed by atoms with Crippen molar-refractivity contribution in [2.24, 2.45) is 0 Å². The number of nitrogens with one attached hydrogen (secondary N) is 2. The van der Waals surface area contributed by atoms with Crippen LogP contribution in [0.25, 0.3) is 0 Å². The molecule has 0 radical (unpaired) electrons. The number of rotatable bonds is 9. The Morgan fingerprint density at radius 2 is 1.68 bits per heavy atom. The van der Waals surface area contributed by atoms with Crippen LogP contribution in [0.4, 0.5) is 11.4 Å². The van der Waals surface area contributed by atoms with Gasteiger partial charge in [0.05, 0.1) is 22.2 Å². The van der Waals surface area contributed by atoms with Crippen molar-refractivity contribution in [2.45, 2.75) is 6.42 Å². The predicted octanol–water partition coefficient (Wildman–Crippen LogP) is 3.58. The lowest BCUT2D eigenvalue weighted by atomic mass is 10.1. The lowest BCUT2D eigenvalue weighted by Gasteiger charge is -2.12. The van der Waals surface area contributed by atoms with Crippen molar-refractivity contribution in [2.75, 3.05) is 18.5 Å². The smallest absolute Gasteiger partial charge is 0.273 e. The van der Waals surface area contributed by atoms with Crippen molar-refractivity contribution < 1.29 is 19.2 Å². The molecule has 8 heteroatoms. The molecule has 158 valence electrons. The van der Waals surface area contributed by atoms with E-state index in [-0.39, 0.29) is 24.0 Å². The second kappa shape index (κ2) is 10.5. The van der Waals surface area contributed by atoms with Crippen LogP contribution in [-0.2, 0) is 11.2 Å². The molecule has 0 bridgehead atoms. The summed E-state index contributed by atoms with van der Waals surface area (Å²) in [5.41, 5.74) is 1.67. The molecule has 2 amide bonds. The highest BCUT2D eigenvalue weighted by Gasteiger charge is 2.14. The lowest BCUT2D eigenvalue weighted by Crippen LogP contribution is -2.28. The van der Waals surface area contributed by atoms with Gasteiger partial charge in [-0.05, 0) is 30.2 Å². The van der Waals surface area contributed by atoms with E-state index in [4.69, 9.17) is 4.74 Å². The highest BCUT2D eigenvalue weighted by molar-refractivity contribution is 6.04. The molecule has 0 aliphatic carbocycles. The summed E-state index contributed by atoms with van der Waals surface area (Å²) in [7, 11) is 0. The first-order valence-corrected chi connectivity index (χ1v) is 9.61. The summed E-state index contributed by atoms with van der Waals surface area (Å²) in [4.78, 5) is 35.1. The molecule has 2 N–H and O–H groups in total. The van der Waals surface area contributed by atoms with E-state index in [0.29, 0.717) is 24.2 Å². The van der Waals surface area contributed by atoms with Crippen LogP contribution in [0.1, 0.15) is 15.9 Å². The third kappa shape index (κ3) is 6.40. The Balaban J connectivity index is 1.55. The Hall–Kier alpha value is -4.20. The fourth-order valence-electron chi connectivity index (χ4n) is 2.87. The fraction of sp³-hybridized carbons (Fsp3) is 0.130. The molecule has 8 nitrogen and oxygen atoms in total. The molecule has 0 aliphatic rings. The molecular formula is C23H21N3O5. The zero-order valence-electron chi connectivity index (χ0n) is 16.6. The number of amides is 2. The average molecular weight is 419 g/mol. The maximum atomic E-state index is 12.6. The van der Waals surface area contributed by atoms with Crippen LogP contribution in [0.3, 0.4) is 0 Å². The zero-order chi connectivity index (χ0) is 22.1. The van der Waals surface area contributed by atoms with Gasteiger partial charge in [0.25, 0.3) is 17.5 Å². The largest absolute Gasteiger partial charge is 0.484 e. The second-order valence-electron chi connectivity index (χ2n) is 6.63. The van der Waals surface area contributed by atoms with E-state index in [9.17, 15) is 19.7 Å². The first kappa shape index (κ1) is 21.5. The van der Waals surface area contributed by atoms with Gasteiger partial charge in [0.1, 0.15) is 5.75 Å². The third-order valence-electron chi connectivity index (χ3n) is 4.39. The standard InChI is InChI=1S/C23H21N3O5/c27-22(16-31-19-10-6-9-18(15-19)26(29)30)25-21-12-5-4-11-20(21)23(28)24-14-13-17-7-2-1-3-8-17/h1-12,15H,13-14,16H2,(H,24,28)(H,25,27). The van der Waals surface area contributed by atoms with Crippen molar-refractivity contribution in [3.8, 4) is 5.75 Å². The Morgan fingerprint density at radius 3 is 2.45 bits per heavy atom. The number of nitrogens with zero attached hydrogens (tertiary/aromatic N) is 1. The first-order valence-electron chi connectivity index (χ1n) is 9.61. The van der Waals surface area contributed by atoms with Crippen molar-refractivity contribution >= 4 is 23.2 Å². The molecule has 0 spiro atoms. The Bertz CT molecular complexity index is 1070. The van der Waals surface area contributed by atoms with Gasteiger partial charge in [-0.15, -0.1) is 0 Å². The Kier molecular flexibility index (Phi) is 7.31. The summed E-state index contributed by atoms with van der Waals surface area (Å²) < 4.78 is 5.33. The maximum Gasteiger partial charge on any atom is 0.273 e. The van der Waals surface area contributed by atoms with Crippen LogP contribution < -0.4 is 15.4 Å². The molecule has 0 unspecified atom stereocenters. The predicted molar refractivity (Wildman–Crippen MR) is 116 cm³/mol. The van der Waals surface area contributed by atoms with Gasteiger partial charge < -0.3 is 15.4 Å². The molecule has 0 fully saturated rings. The second-order valence-corrected chi connectivity index (χ2v) is 6.63. The molecule has 0 saturated carbocycles. The van der Waals surface area contributed by atoms with E-state index >= 15 is 0 Å². The number of nitro benzene ring substituents is 1. The molecule has 0 atom stereocenters. The van der Waals surface area contributed by atoms with E-state index < -0.39 is 10.8 Å². The fourth-order valence-corrected chi connectivity index (χ4v) is 2.87. The minimum atomic E-state index is -0.542. The van der Waals surface area contributed by atoms with Crippen molar-refractivity contribution in [1.82, 2.24) is 5.32 Å². The Morgan fingerprint density at radius 1 is 0.935 bits per heavy atom. The van der Waals surface area contributed by atoms with Gasteiger partial charge in [-0.3, -0.25) is 19.7 Å². The van der Waals surface area contributed by atoms with Crippen LogP contribution in [0.2, 0.25) is 0 Å². The van der Waals surface area contributed by atoms with Crippen molar-refractivity contribution in [3.05, 3.63) is 100 Å². The number of hydrogen-bond acceptors (Lipinski definition) is 5. The highest BCUT2D eigenvalue weighted by Crippen LogP contribution is 2.19. The molecule has 0 aliphatic heterocycles. The molecule has 3 aromatic carbocycles. The van der Waals surface area contributed by atoms with Gasteiger partial charge in [-0.2, -0.15) is 0 Å². The van der Waals surface area contributed by atoms with E-state index in [1.54, 1.807) is 24.3 Å². The number of hydrogen-bond donors (Lipinski definition) is 2. The summed E-state index contributed by atoms with van der Waals surface area (Å²) in [5.74, 6) is -0.584. The summed E-state index contributed by atoms with van der Waals surface area (Å²) >= 11 is 0. The first-order chi connectivity index (χ1) is 15.0. The normalized spacial score (nSPS) is 10.2. The third-order valence-corrected chi connectivity index (χ3v) is 4.39. The van der Waals surface area contributed by atoms with Gasteiger partial charge >= 0.3 is 0 Å². The van der Waals surface area contributed by atoms with Crippen molar-refractivity contribution in [3.63, 3.8) is 0 Å². The van der Waals surface area contributed by atoms with Crippen LogP contribution >= 0.6 is 0 Å². The van der Waals surface area contributed by atoms with Crippen LogP contribution in [-0.4, -0.2) is 29.9 Å². The highest BCUT2D eigenvalue weighted by atomic mass is 16.6. The number of carbonyl (C=O) groups is 2. The molecule has 0 aromatic heterocycles. The van der Waals surface area contributed by atoms with Gasteiger partial charge in [0.2, 0.25) is 0 Å². The number of para-hydroxylation sites is 1. The minimum Gasteiger partial charge on any atom is -0.484 e. The minimum absolute atomic E-state index is 0.129. The summed E-state index contributed by atoms with van der Waals surface area (Å²) in [5, 5.41) is 16.3. The van der Waals surface area contributed by atoms with Crippen molar-refractivity contribution in [1.29, 1.82) is 0 Å². The van der Waals surface area contributed by atoms with Gasteiger partial charge in [0.15, 0.2) is 6.61 Å². The average Bonchev–Trinajstić information content (AvgIpc) is 2.79. The van der Waals surface area contributed by atoms with Gasteiger partial charge in [-0.25, -0.2) is 0 Å². The van der Waals surface area contributed by atoms with E-state index in [1.807, 2.05) is 30.3 Å². The quantitative estimate of drug-likeness (QED) is 0.407. The molecule has 31 heavy (non-hydrogen) atoms. The van der Waals surface area contributed by atoms with Crippen LogP contribution in [0.5, 0.6) is 5.75 Å². The number of benzene rings is 3. The van der Waals surface area contributed by atoms with Crippen LogP contribution in [0, 0.1) is 10.1 Å². The van der Waals surface area contributed by atoms with Gasteiger partial charge in [0, 0.05) is 12.6 Å². The number of ether oxygens (including phenoxy) is 1. The molecule has 0 heterocycles. The molecule has 0 saturated heterocycles. The van der Waals surface area contributed by atoms with E-state index in [2.05, 4.69) is 10.6 Å². The van der Waals surface area contributed by atoms with Crippen LogP contribution in [0.15, 0.2) is 78.9 Å². The maximum absolute atomic E-state index is 12.6.